The van der Waals surface area contributed by atoms with Crippen LogP contribution in [-0.4, -0.2) is 44.2 Å². The largest absolute Gasteiger partial charge is 0.475 e. The number of nitrogens with one attached hydrogen (secondary N) is 1. The molecule has 0 amide bonds. The second kappa shape index (κ2) is 6.87. The molecular formula is C19H28N4O3. The number of nitrogens with zero attached hydrogens (tertiary/aromatic N) is 3. The van der Waals surface area contributed by atoms with Gasteiger partial charge in [-0.1, -0.05) is 0 Å². The van der Waals surface area contributed by atoms with Gasteiger partial charge < -0.3 is 9.72 Å². The Morgan fingerprint density at radius 2 is 1.85 bits per heavy atom. The van der Waals surface area contributed by atoms with E-state index in [0.717, 1.165) is 25.9 Å². The summed E-state index contributed by atoms with van der Waals surface area (Å²) in [5.41, 5.74) is 0.00442. The third kappa shape index (κ3) is 3.67. The minimum absolute atomic E-state index is 0.0158. The Balaban J connectivity index is 2.02. The van der Waals surface area contributed by atoms with Crippen LogP contribution in [0.25, 0.3) is 11.2 Å². The molecule has 7 nitrogen and oxygen atoms in total. The van der Waals surface area contributed by atoms with E-state index >= 15 is 0 Å². The van der Waals surface area contributed by atoms with Gasteiger partial charge in [-0.15, -0.1) is 0 Å². The van der Waals surface area contributed by atoms with Crippen molar-refractivity contribution < 1.29 is 4.74 Å². The smallest absolute Gasteiger partial charge is 0.318 e. The van der Waals surface area contributed by atoms with E-state index in [9.17, 15) is 9.59 Å². The van der Waals surface area contributed by atoms with Gasteiger partial charge in [-0.2, -0.15) is 4.98 Å². The van der Waals surface area contributed by atoms with Crippen LogP contribution in [0.3, 0.4) is 0 Å². The van der Waals surface area contributed by atoms with Crippen LogP contribution in [0.5, 0.6) is 5.88 Å². The Morgan fingerprint density at radius 1 is 1.19 bits per heavy atom. The molecular weight excluding hydrogens is 332 g/mol. The number of aromatic amines is 1. The SMILES string of the molecule is CC(C)Oc1ccc2[nH]c(=O)c(=O)n(C3CCN(C(C)(C)C)CC3)c2n1. The van der Waals surface area contributed by atoms with Crippen LogP contribution in [-0.2, 0) is 0 Å². The van der Waals surface area contributed by atoms with Gasteiger partial charge in [0, 0.05) is 30.7 Å². The van der Waals surface area contributed by atoms with E-state index in [4.69, 9.17) is 4.74 Å². The zero-order chi connectivity index (χ0) is 19.1. The summed E-state index contributed by atoms with van der Waals surface area (Å²) in [5.74, 6) is 0.458. The standard InChI is InChI=1S/C19H28N4O3/c1-12(2)26-15-7-6-14-16(21-15)23(18(25)17(24)20-14)13-8-10-22(11-9-13)19(3,4)5/h6-7,12-13H,8-11H2,1-5H3,(H,20,24). The minimum atomic E-state index is -0.602. The summed E-state index contributed by atoms with van der Waals surface area (Å²) in [6, 6.07) is 3.43. The first-order chi connectivity index (χ1) is 12.2. The zero-order valence-electron chi connectivity index (χ0n) is 16.2. The lowest BCUT2D eigenvalue weighted by Crippen LogP contribution is -2.48. The van der Waals surface area contributed by atoms with Crippen LogP contribution >= 0.6 is 0 Å². The molecule has 142 valence electrons. The number of aromatic nitrogens is 3. The van der Waals surface area contributed by atoms with Crippen LogP contribution in [0.15, 0.2) is 21.7 Å². The van der Waals surface area contributed by atoms with Gasteiger partial charge in [0.2, 0.25) is 5.88 Å². The quantitative estimate of drug-likeness (QED) is 0.850. The number of rotatable bonds is 3. The molecule has 1 fully saturated rings. The average Bonchev–Trinajstić information content (AvgIpc) is 2.55. The topological polar surface area (TPSA) is 80.2 Å². The highest BCUT2D eigenvalue weighted by Gasteiger charge is 2.29. The fourth-order valence-electron chi connectivity index (χ4n) is 3.53. The van der Waals surface area contributed by atoms with Gasteiger partial charge in [0.1, 0.15) is 0 Å². The lowest BCUT2D eigenvalue weighted by Gasteiger charge is -2.41. The van der Waals surface area contributed by atoms with Crippen molar-refractivity contribution in [1.82, 2.24) is 19.4 Å². The van der Waals surface area contributed by atoms with Crippen LogP contribution in [0.2, 0.25) is 0 Å². The predicted octanol–water partition coefficient (Wildman–Crippen LogP) is 2.31. The van der Waals surface area contributed by atoms with Gasteiger partial charge in [0.25, 0.3) is 0 Å². The molecule has 0 saturated carbocycles. The molecule has 1 aliphatic heterocycles. The van der Waals surface area contributed by atoms with Crippen molar-refractivity contribution >= 4 is 11.2 Å². The molecule has 26 heavy (non-hydrogen) atoms. The summed E-state index contributed by atoms with van der Waals surface area (Å²) >= 11 is 0. The molecule has 0 bridgehead atoms. The molecule has 2 aromatic heterocycles. The highest BCUT2D eigenvalue weighted by Crippen LogP contribution is 2.28. The Labute approximate surface area is 153 Å². The third-order valence-corrected chi connectivity index (χ3v) is 4.87. The van der Waals surface area contributed by atoms with Crippen molar-refractivity contribution in [1.29, 1.82) is 0 Å². The highest BCUT2D eigenvalue weighted by atomic mass is 16.5. The van der Waals surface area contributed by atoms with E-state index in [2.05, 4.69) is 35.6 Å². The van der Waals surface area contributed by atoms with Crippen LogP contribution in [0.1, 0.15) is 53.5 Å². The van der Waals surface area contributed by atoms with E-state index in [0.29, 0.717) is 17.0 Å². The summed E-state index contributed by atoms with van der Waals surface area (Å²) in [5, 5.41) is 0. The predicted molar refractivity (Wildman–Crippen MR) is 102 cm³/mol. The third-order valence-electron chi connectivity index (χ3n) is 4.87. The zero-order valence-corrected chi connectivity index (χ0v) is 16.2. The molecule has 0 aliphatic carbocycles. The van der Waals surface area contributed by atoms with Gasteiger partial charge in [0.05, 0.1) is 11.6 Å². The summed E-state index contributed by atoms with van der Waals surface area (Å²) in [4.78, 5) is 34.3. The first-order valence-electron chi connectivity index (χ1n) is 9.24. The van der Waals surface area contributed by atoms with Crippen molar-refractivity contribution in [3.63, 3.8) is 0 Å². The summed E-state index contributed by atoms with van der Waals surface area (Å²) in [6.45, 7) is 12.2. The van der Waals surface area contributed by atoms with Gasteiger partial charge in [-0.05, 0) is 53.5 Å². The maximum Gasteiger partial charge on any atom is 0.318 e. The first kappa shape index (κ1) is 18.6. The van der Waals surface area contributed by atoms with Crippen LogP contribution in [0.4, 0.5) is 0 Å². The fraction of sp³-hybridized carbons (Fsp3) is 0.632. The Hall–Kier alpha value is -2.15. The highest BCUT2D eigenvalue weighted by molar-refractivity contribution is 5.70. The Kier molecular flexibility index (Phi) is 4.92. The van der Waals surface area contributed by atoms with E-state index in [1.54, 1.807) is 16.7 Å². The average molecular weight is 360 g/mol. The van der Waals surface area contributed by atoms with E-state index in [1.165, 1.54) is 0 Å². The molecule has 0 atom stereocenters. The van der Waals surface area contributed by atoms with Crippen molar-refractivity contribution in [2.24, 2.45) is 0 Å². The normalized spacial score (nSPS) is 17.2. The molecule has 7 heteroatoms. The summed E-state index contributed by atoms with van der Waals surface area (Å²) < 4.78 is 7.24. The molecule has 2 aromatic rings. The van der Waals surface area contributed by atoms with E-state index in [-0.39, 0.29) is 17.7 Å². The molecule has 3 rings (SSSR count). The minimum Gasteiger partial charge on any atom is -0.475 e. The molecule has 0 radical (unpaired) electrons. The molecule has 1 aliphatic rings. The van der Waals surface area contributed by atoms with E-state index < -0.39 is 11.1 Å². The molecule has 0 aromatic carbocycles. The number of piperidine rings is 1. The second-order valence-corrected chi connectivity index (χ2v) is 8.21. The van der Waals surface area contributed by atoms with Crippen molar-refractivity contribution in [3.05, 3.63) is 32.8 Å². The molecule has 1 N–H and O–H groups in total. The number of fused-ring (bicyclic) bond motifs is 1. The number of pyridine rings is 1. The summed E-state index contributed by atoms with van der Waals surface area (Å²) in [7, 11) is 0. The lowest BCUT2D eigenvalue weighted by atomic mass is 9.98. The van der Waals surface area contributed by atoms with Crippen LogP contribution < -0.4 is 15.9 Å². The first-order valence-corrected chi connectivity index (χ1v) is 9.24. The Bertz CT molecular complexity index is 900. The van der Waals surface area contributed by atoms with Crippen LogP contribution in [0, 0.1) is 0 Å². The van der Waals surface area contributed by atoms with Gasteiger partial charge >= 0.3 is 11.1 Å². The monoisotopic (exact) mass is 360 g/mol. The van der Waals surface area contributed by atoms with Gasteiger partial charge in [-0.25, -0.2) is 0 Å². The lowest BCUT2D eigenvalue weighted by molar-refractivity contribution is 0.0898. The molecule has 0 spiro atoms. The molecule has 0 unspecified atom stereocenters. The molecule has 3 heterocycles. The van der Waals surface area contributed by atoms with Crippen molar-refractivity contribution in [2.75, 3.05) is 13.1 Å². The van der Waals surface area contributed by atoms with Crippen molar-refractivity contribution in [3.8, 4) is 5.88 Å². The molecule has 1 saturated heterocycles. The number of H-pyrrole nitrogens is 1. The maximum absolute atomic E-state index is 12.6. The number of likely N-dealkylation sites (tertiary alicyclic amines) is 1. The number of ether oxygens (including phenoxy) is 1. The van der Waals surface area contributed by atoms with Crippen molar-refractivity contribution in [2.45, 2.75) is 65.1 Å². The van der Waals surface area contributed by atoms with Gasteiger partial charge in [0.15, 0.2) is 5.65 Å². The summed E-state index contributed by atoms with van der Waals surface area (Å²) in [6.07, 6.45) is 1.61. The number of hydrogen-bond acceptors (Lipinski definition) is 5. The van der Waals surface area contributed by atoms with Gasteiger partial charge in [-0.3, -0.25) is 19.1 Å². The second-order valence-electron chi connectivity index (χ2n) is 8.21. The Morgan fingerprint density at radius 3 is 2.42 bits per heavy atom. The maximum atomic E-state index is 12.6. The number of hydrogen-bond donors (Lipinski definition) is 1. The van der Waals surface area contributed by atoms with E-state index in [1.807, 2.05) is 13.8 Å². The fourth-order valence-corrected chi connectivity index (χ4v) is 3.53.